The van der Waals surface area contributed by atoms with E-state index < -0.39 is 6.04 Å². The minimum absolute atomic E-state index is 0.298. The van der Waals surface area contributed by atoms with E-state index in [1.54, 1.807) is 12.1 Å². The van der Waals surface area contributed by atoms with Crippen LogP contribution in [0.4, 0.5) is 0 Å². The zero-order valence-corrected chi connectivity index (χ0v) is 13.4. The van der Waals surface area contributed by atoms with Crippen molar-refractivity contribution in [3.05, 3.63) is 70.1 Å². The van der Waals surface area contributed by atoms with Gasteiger partial charge in [-0.15, -0.1) is 4.91 Å². The van der Waals surface area contributed by atoms with Crippen molar-refractivity contribution in [3.8, 4) is 11.8 Å². The predicted molar refractivity (Wildman–Crippen MR) is 90.1 cm³/mol. The van der Waals surface area contributed by atoms with E-state index in [1.165, 1.54) is 5.56 Å². The topological polar surface area (TPSA) is 62.4 Å². The molecule has 0 radical (unpaired) electrons. The average molecular weight is 308 g/mol. The molecule has 0 fully saturated rings. The van der Waals surface area contributed by atoms with Crippen LogP contribution in [0.1, 0.15) is 48.9 Å². The standard InChI is InChI=1S/C19H20N2O2/c1-3-14(2)15-8-10-17(11-9-15)23-13-16-6-4-5-7-18(16)19(12-20)21-22/h4-11,14,19H,3,13H2,1-2H3. The highest BCUT2D eigenvalue weighted by Gasteiger charge is 2.15. The molecule has 0 heterocycles. The Morgan fingerprint density at radius 2 is 1.87 bits per heavy atom. The third kappa shape index (κ3) is 4.17. The van der Waals surface area contributed by atoms with E-state index in [9.17, 15) is 4.91 Å². The fraction of sp³-hybridized carbons (Fsp3) is 0.316. The zero-order valence-electron chi connectivity index (χ0n) is 13.4. The molecule has 2 aromatic rings. The normalized spacial score (nSPS) is 12.9. The minimum Gasteiger partial charge on any atom is -0.489 e. The maximum atomic E-state index is 10.8. The van der Waals surface area contributed by atoms with E-state index in [4.69, 9.17) is 10.00 Å². The van der Waals surface area contributed by atoms with Crippen molar-refractivity contribution in [3.63, 3.8) is 0 Å². The Balaban J connectivity index is 2.10. The van der Waals surface area contributed by atoms with Crippen molar-refractivity contribution in [2.24, 2.45) is 5.18 Å². The van der Waals surface area contributed by atoms with Gasteiger partial charge in [0.15, 0.2) is 0 Å². The van der Waals surface area contributed by atoms with E-state index >= 15 is 0 Å². The second-order valence-electron chi connectivity index (χ2n) is 5.50. The first kappa shape index (κ1) is 16.7. The molecular formula is C19H20N2O2. The van der Waals surface area contributed by atoms with Gasteiger partial charge in [0.2, 0.25) is 6.04 Å². The Kier molecular flexibility index (Phi) is 5.87. The summed E-state index contributed by atoms with van der Waals surface area (Å²) >= 11 is 0. The predicted octanol–water partition coefficient (Wildman–Crippen LogP) is 5.11. The number of benzene rings is 2. The van der Waals surface area contributed by atoms with Crippen molar-refractivity contribution in [1.82, 2.24) is 0 Å². The van der Waals surface area contributed by atoms with Gasteiger partial charge in [0.1, 0.15) is 12.4 Å². The van der Waals surface area contributed by atoms with Gasteiger partial charge in [0, 0.05) is 5.56 Å². The van der Waals surface area contributed by atoms with Gasteiger partial charge in [-0.2, -0.15) is 5.26 Å². The van der Waals surface area contributed by atoms with E-state index in [2.05, 4.69) is 31.2 Å². The minimum atomic E-state index is -0.998. The Hall–Kier alpha value is -2.67. The van der Waals surface area contributed by atoms with Crippen LogP contribution in [-0.2, 0) is 6.61 Å². The highest BCUT2D eigenvalue weighted by molar-refractivity contribution is 5.34. The quantitative estimate of drug-likeness (QED) is 0.668. The molecule has 0 aliphatic carbocycles. The van der Waals surface area contributed by atoms with Crippen molar-refractivity contribution < 1.29 is 4.74 Å². The molecule has 0 saturated carbocycles. The van der Waals surface area contributed by atoms with E-state index in [0.717, 1.165) is 17.7 Å². The van der Waals surface area contributed by atoms with Crippen LogP contribution in [0.5, 0.6) is 5.75 Å². The second-order valence-corrected chi connectivity index (χ2v) is 5.50. The SMILES string of the molecule is CCC(C)c1ccc(OCc2ccccc2C(C#N)N=O)cc1. The Morgan fingerprint density at radius 3 is 2.48 bits per heavy atom. The molecule has 118 valence electrons. The lowest BCUT2D eigenvalue weighted by Crippen LogP contribution is -2.03. The third-order valence-electron chi connectivity index (χ3n) is 4.03. The molecule has 0 amide bonds. The Labute approximate surface area is 136 Å². The van der Waals surface area contributed by atoms with Gasteiger partial charge < -0.3 is 4.74 Å². The molecule has 0 aromatic heterocycles. The maximum absolute atomic E-state index is 10.8. The number of rotatable bonds is 7. The fourth-order valence-electron chi connectivity index (χ4n) is 2.37. The molecule has 0 saturated heterocycles. The highest BCUT2D eigenvalue weighted by Crippen LogP contribution is 2.24. The number of nitroso groups, excluding NO2 is 1. The summed E-state index contributed by atoms with van der Waals surface area (Å²) in [5.41, 5.74) is 2.68. The van der Waals surface area contributed by atoms with Crippen LogP contribution >= 0.6 is 0 Å². The van der Waals surface area contributed by atoms with Crippen LogP contribution in [0.15, 0.2) is 53.7 Å². The van der Waals surface area contributed by atoms with Gasteiger partial charge in [-0.05, 0) is 40.8 Å². The first-order valence-electron chi connectivity index (χ1n) is 7.72. The summed E-state index contributed by atoms with van der Waals surface area (Å²) < 4.78 is 5.79. The Morgan fingerprint density at radius 1 is 1.17 bits per heavy atom. The van der Waals surface area contributed by atoms with Gasteiger partial charge in [-0.1, -0.05) is 50.2 Å². The van der Waals surface area contributed by atoms with Crippen LogP contribution in [0.2, 0.25) is 0 Å². The molecule has 2 rings (SSSR count). The molecule has 0 aliphatic rings. The van der Waals surface area contributed by atoms with Crippen LogP contribution in [0, 0.1) is 16.2 Å². The second kappa shape index (κ2) is 8.09. The number of ether oxygens (including phenoxy) is 1. The highest BCUT2D eigenvalue weighted by atomic mass is 16.5. The molecule has 4 nitrogen and oxygen atoms in total. The summed E-state index contributed by atoms with van der Waals surface area (Å²) in [5.74, 6) is 1.29. The summed E-state index contributed by atoms with van der Waals surface area (Å²) in [5, 5.41) is 11.9. The van der Waals surface area contributed by atoms with Crippen LogP contribution in [-0.4, -0.2) is 0 Å². The first-order valence-corrected chi connectivity index (χ1v) is 7.72. The van der Waals surface area contributed by atoms with Gasteiger partial charge in [-0.3, -0.25) is 0 Å². The number of nitriles is 1. The summed E-state index contributed by atoms with van der Waals surface area (Å²) in [6.07, 6.45) is 1.10. The molecule has 2 unspecified atom stereocenters. The van der Waals surface area contributed by atoms with Gasteiger partial charge in [0.25, 0.3) is 0 Å². The lowest BCUT2D eigenvalue weighted by Gasteiger charge is -2.13. The van der Waals surface area contributed by atoms with Crippen LogP contribution in [0.25, 0.3) is 0 Å². The molecular weight excluding hydrogens is 288 g/mol. The van der Waals surface area contributed by atoms with Gasteiger partial charge in [-0.25, -0.2) is 0 Å². The Bertz CT molecular complexity index is 689. The van der Waals surface area contributed by atoms with Crippen molar-refractivity contribution >= 4 is 0 Å². The van der Waals surface area contributed by atoms with Crippen LogP contribution < -0.4 is 4.74 Å². The molecule has 2 aromatic carbocycles. The third-order valence-corrected chi connectivity index (χ3v) is 4.03. The largest absolute Gasteiger partial charge is 0.489 e. The number of hydrogen-bond acceptors (Lipinski definition) is 4. The molecule has 0 N–H and O–H groups in total. The molecule has 0 aliphatic heterocycles. The molecule has 4 heteroatoms. The fourth-order valence-corrected chi connectivity index (χ4v) is 2.37. The van der Waals surface area contributed by atoms with E-state index in [0.29, 0.717) is 18.1 Å². The summed E-state index contributed by atoms with van der Waals surface area (Å²) in [6, 6.07) is 16.2. The van der Waals surface area contributed by atoms with Crippen molar-refractivity contribution in [2.45, 2.75) is 38.8 Å². The van der Waals surface area contributed by atoms with E-state index in [1.807, 2.05) is 30.3 Å². The summed E-state index contributed by atoms with van der Waals surface area (Å²) in [6.45, 7) is 4.66. The lowest BCUT2D eigenvalue weighted by molar-refractivity contribution is 0.304. The lowest BCUT2D eigenvalue weighted by atomic mass is 9.99. The summed E-state index contributed by atoms with van der Waals surface area (Å²) in [7, 11) is 0. The van der Waals surface area contributed by atoms with Crippen molar-refractivity contribution in [2.75, 3.05) is 0 Å². The molecule has 23 heavy (non-hydrogen) atoms. The molecule has 0 bridgehead atoms. The number of nitrogens with zero attached hydrogens (tertiary/aromatic N) is 2. The van der Waals surface area contributed by atoms with Crippen LogP contribution in [0.3, 0.4) is 0 Å². The smallest absolute Gasteiger partial charge is 0.203 e. The monoisotopic (exact) mass is 308 g/mol. The maximum Gasteiger partial charge on any atom is 0.203 e. The zero-order chi connectivity index (χ0) is 16.7. The number of hydrogen-bond donors (Lipinski definition) is 0. The summed E-state index contributed by atoms with van der Waals surface area (Å²) in [4.78, 5) is 10.8. The van der Waals surface area contributed by atoms with E-state index in [-0.39, 0.29) is 0 Å². The molecule has 0 spiro atoms. The van der Waals surface area contributed by atoms with Gasteiger partial charge in [0.05, 0.1) is 6.07 Å². The van der Waals surface area contributed by atoms with Gasteiger partial charge >= 0.3 is 0 Å². The first-order chi connectivity index (χ1) is 11.2. The molecule has 2 atom stereocenters. The van der Waals surface area contributed by atoms with Crippen molar-refractivity contribution in [1.29, 1.82) is 5.26 Å². The average Bonchev–Trinajstić information content (AvgIpc) is 2.61.